The van der Waals surface area contributed by atoms with E-state index in [1.807, 2.05) is 6.92 Å². The predicted molar refractivity (Wildman–Crippen MR) is 83.0 cm³/mol. The summed E-state index contributed by atoms with van der Waals surface area (Å²) in [6, 6.07) is 1.31. The molecule has 0 aliphatic heterocycles. The molecule has 2 saturated carbocycles. The van der Waals surface area contributed by atoms with E-state index in [4.69, 9.17) is 0 Å². The van der Waals surface area contributed by atoms with E-state index in [-0.39, 0.29) is 17.9 Å². The molecule has 2 aliphatic rings. The summed E-state index contributed by atoms with van der Waals surface area (Å²) in [7, 11) is 0. The van der Waals surface area contributed by atoms with Crippen LogP contribution in [0.5, 0.6) is 0 Å². The van der Waals surface area contributed by atoms with Crippen molar-refractivity contribution in [2.24, 2.45) is 17.8 Å². The van der Waals surface area contributed by atoms with Gasteiger partial charge in [-0.3, -0.25) is 0 Å². The summed E-state index contributed by atoms with van der Waals surface area (Å²) in [6.07, 6.45) is -2.30. The molecule has 1 aromatic carbocycles. The molecule has 0 heterocycles. The highest BCUT2D eigenvalue weighted by Crippen LogP contribution is 2.53. The van der Waals surface area contributed by atoms with Crippen molar-refractivity contribution in [2.75, 3.05) is 0 Å². The maximum absolute atomic E-state index is 14.9. The normalized spacial score (nSPS) is 38.4. The third kappa shape index (κ3) is 3.28. The Hall–Kier alpha value is -1.20. The highest BCUT2D eigenvalue weighted by atomic mass is 19.2. The molecule has 7 atom stereocenters. The number of fused-ring (bicyclic) bond motifs is 1. The second-order valence-electron chi connectivity index (χ2n) is 7.42. The van der Waals surface area contributed by atoms with Crippen LogP contribution in [0.25, 0.3) is 0 Å². The van der Waals surface area contributed by atoms with Crippen molar-refractivity contribution in [3.63, 3.8) is 0 Å². The van der Waals surface area contributed by atoms with Crippen LogP contribution in [0.2, 0.25) is 0 Å². The fraction of sp³-hybridized carbons (Fsp3) is 0.684. The smallest absolute Gasteiger partial charge is 0.194 e. The number of hydrogen-bond donors (Lipinski definition) is 0. The van der Waals surface area contributed by atoms with Crippen molar-refractivity contribution in [1.29, 1.82) is 0 Å². The van der Waals surface area contributed by atoms with Gasteiger partial charge in [0.15, 0.2) is 17.5 Å². The van der Waals surface area contributed by atoms with E-state index in [1.165, 1.54) is 0 Å². The second-order valence-corrected chi connectivity index (χ2v) is 7.42. The minimum atomic E-state index is -1.73. The monoisotopic (exact) mass is 364 g/mol. The fourth-order valence-electron chi connectivity index (χ4n) is 4.73. The number of benzene rings is 1. The molecule has 0 radical (unpaired) electrons. The standard InChI is InChI=1S/C19H22F6/c1-2-3-9-4-5-11-12(8-13(9)20)18(24)16(17(11)23)10-6-14(21)19(25)15(22)7-10/h6-7,9,11-13,16-18H,2-5,8H2,1H3. The molecule has 2 fully saturated rings. The number of rotatable bonds is 3. The SMILES string of the molecule is CCCC1CCC2C(F)C(c3cc(F)c(F)c(F)c3)C(F)C2CC1F. The molecule has 0 N–H and O–H groups in total. The summed E-state index contributed by atoms with van der Waals surface area (Å²) in [6.45, 7) is 1.95. The van der Waals surface area contributed by atoms with Gasteiger partial charge in [0.2, 0.25) is 0 Å². The highest BCUT2D eigenvalue weighted by Gasteiger charge is 2.54. The Morgan fingerprint density at radius 3 is 2.12 bits per heavy atom. The van der Waals surface area contributed by atoms with Crippen molar-refractivity contribution in [3.8, 4) is 0 Å². The maximum atomic E-state index is 14.9. The minimum Gasteiger partial charge on any atom is -0.247 e. The predicted octanol–water partition coefficient (Wildman–Crippen LogP) is 6.05. The van der Waals surface area contributed by atoms with Crippen molar-refractivity contribution in [1.82, 2.24) is 0 Å². The van der Waals surface area contributed by atoms with Gasteiger partial charge in [0, 0.05) is 5.92 Å². The molecular weight excluding hydrogens is 342 g/mol. The molecule has 2 aliphatic carbocycles. The summed E-state index contributed by atoms with van der Waals surface area (Å²) in [5, 5.41) is 0. The van der Waals surface area contributed by atoms with Crippen LogP contribution < -0.4 is 0 Å². The van der Waals surface area contributed by atoms with Crippen LogP contribution in [0.1, 0.15) is 50.5 Å². The van der Waals surface area contributed by atoms with Gasteiger partial charge in [-0.25, -0.2) is 26.3 Å². The lowest BCUT2D eigenvalue weighted by molar-refractivity contribution is 0.145. The zero-order valence-electron chi connectivity index (χ0n) is 14.0. The van der Waals surface area contributed by atoms with Gasteiger partial charge in [-0.05, 0) is 61.1 Å². The van der Waals surface area contributed by atoms with Crippen LogP contribution >= 0.6 is 0 Å². The third-order valence-electron chi connectivity index (χ3n) is 5.98. The molecule has 0 bridgehead atoms. The Morgan fingerprint density at radius 1 is 0.920 bits per heavy atom. The summed E-state index contributed by atoms with van der Waals surface area (Å²) < 4.78 is 84.4. The van der Waals surface area contributed by atoms with Gasteiger partial charge in [-0.15, -0.1) is 0 Å². The Labute approximate surface area is 143 Å². The molecule has 6 heteroatoms. The average molecular weight is 364 g/mol. The highest BCUT2D eigenvalue weighted by molar-refractivity contribution is 5.28. The Balaban J connectivity index is 1.87. The average Bonchev–Trinajstić information content (AvgIpc) is 2.69. The van der Waals surface area contributed by atoms with E-state index in [9.17, 15) is 26.3 Å². The van der Waals surface area contributed by atoms with E-state index in [2.05, 4.69) is 0 Å². The molecule has 1 aromatic rings. The second kappa shape index (κ2) is 7.20. The van der Waals surface area contributed by atoms with Crippen molar-refractivity contribution in [2.45, 2.75) is 63.5 Å². The van der Waals surface area contributed by atoms with E-state index < -0.39 is 53.7 Å². The Bertz CT molecular complexity index is 595. The first kappa shape index (κ1) is 18.6. The molecule has 25 heavy (non-hydrogen) atoms. The van der Waals surface area contributed by atoms with Crippen LogP contribution in [-0.4, -0.2) is 18.5 Å². The van der Waals surface area contributed by atoms with Gasteiger partial charge in [0.1, 0.15) is 18.5 Å². The van der Waals surface area contributed by atoms with Crippen molar-refractivity contribution in [3.05, 3.63) is 35.1 Å². The Morgan fingerprint density at radius 2 is 1.52 bits per heavy atom. The molecule has 140 valence electrons. The first-order chi connectivity index (χ1) is 11.8. The molecular formula is C19H22F6. The molecule has 0 saturated heterocycles. The largest absolute Gasteiger partial charge is 0.247 e. The first-order valence-electron chi connectivity index (χ1n) is 8.91. The lowest BCUT2D eigenvalue weighted by Gasteiger charge is -2.22. The first-order valence-corrected chi connectivity index (χ1v) is 8.91. The number of alkyl halides is 3. The maximum Gasteiger partial charge on any atom is 0.194 e. The number of halogens is 6. The van der Waals surface area contributed by atoms with Gasteiger partial charge in [0.05, 0.1) is 0 Å². The third-order valence-corrected chi connectivity index (χ3v) is 5.98. The van der Waals surface area contributed by atoms with Crippen LogP contribution in [-0.2, 0) is 0 Å². The van der Waals surface area contributed by atoms with Crippen LogP contribution in [0.3, 0.4) is 0 Å². The molecule has 0 nitrogen and oxygen atoms in total. The van der Waals surface area contributed by atoms with E-state index in [0.29, 0.717) is 31.4 Å². The zero-order valence-corrected chi connectivity index (χ0v) is 14.0. The van der Waals surface area contributed by atoms with E-state index in [1.54, 1.807) is 0 Å². The van der Waals surface area contributed by atoms with Gasteiger partial charge in [-0.2, -0.15) is 0 Å². The van der Waals surface area contributed by atoms with Gasteiger partial charge in [-0.1, -0.05) is 13.3 Å². The summed E-state index contributed by atoms with van der Waals surface area (Å²) in [5.41, 5.74) is -0.231. The fourth-order valence-corrected chi connectivity index (χ4v) is 4.73. The van der Waals surface area contributed by atoms with E-state index in [0.717, 1.165) is 6.42 Å². The van der Waals surface area contributed by atoms with Gasteiger partial charge < -0.3 is 0 Å². The van der Waals surface area contributed by atoms with Crippen LogP contribution in [0, 0.1) is 35.2 Å². The summed E-state index contributed by atoms with van der Waals surface area (Å²) in [5.74, 6) is -7.64. The Kier molecular flexibility index (Phi) is 5.35. The van der Waals surface area contributed by atoms with Crippen LogP contribution in [0.4, 0.5) is 26.3 Å². The molecule has 0 spiro atoms. The topological polar surface area (TPSA) is 0 Å². The molecule has 3 rings (SSSR count). The minimum absolute atomic E-state index is 0.0699. The van der Waals surface area contributed by atoms with Crippen LogP contribution in [0.15, 0.2) is 12.1 Å². The van der Waals surface area contributed by atoms with Crippen molar-refractivity contribution < 1.29 is 26.3 Å². The van der Waals surface area contributed by atoms with Crippen molar-refractivity contribution >= 4 is 0 Å². The summed E-state index contributed by atoms with van der Waals surface area (Å²) >= 11 is 0. The van der Waals surface area contributed by atoms with Gasteiger partial charge >= 0.3 is 0 Å². The molecule has 0 aromatic heterocycles. The summed E-state index contributed by atoms with van der Waals surface area (Å²) in [4.78, 5) is 0. The van der Waals surface area contributed by atoms with E-state index >= 15 is 0 Å². The molecule has 0 amide bonds. The lowest BCUT2D eigenvalue weighted by atomic mass is 9.88. The van der Waals surface area contributed by atoms with Gasteiger partial charge in [0.25, 0.3) is 0 Å². The quantitative estimate of drug-likeness (QED) is 0.453. The zero-order chi connectivity index (χ0) is 18.3. The molecule has 7 unspecified atom stereocenters. The lowest BCUT2D eigenvalue weighted by Crippen LogP contribution is -2.23. The number of hydrogen-bond acceptors (Lipinski definition) is 0.